The molecule has 1 aliphatic heterocycles. The van der Waals surface area contributed by atoms with Gasteiger partial charge in [-0.15, -0.1) is 0 Å². The SMILES string of the molecule is COC1(c2ncc(CNC(C)C)[nH]2)CCOCC1. The second kappa shape index (κ2) is 5.82. The summed E-state index contributed by atoms with van der Waals surface area (Å²) in [6.07, 6.45) is 3.60. The zero-order valence-corrected chi connectivity index (χ0v) is 11.5. The summed E-state index contributed by atoms with van der Waals surface area (Å²) in [7, 11) is 1.75. The number of hydrogen-bond acceptors (Lipinski definition) is 4. The molecule has 0 saturated carbocycles. The van der Waals surface area contributed by atoms with Gasteiger partial charge in [0, 0.05) is 57.6 Å². The van der Waals surface area contributed by atoms with Crippen molar-refractivity contribution < 1.29 is 9.47 Å². The van der Waals surface area contributed by atoms with E-state index in [1.54, 1.807) is 7.11 Å². The first-order chi connectivity index (χ1) is 8.66. The smallest absolute Gasteiger partial charge is 0.138 e. The van der Waals surface area contributed by atoms with Gasteiger partial charge in [0.25, 0.3) is 0 Å². The van der Waals surface area contributed by atoms with Crippen molar-refractivity contribution in [2.75, 3.05) is 20.3 Å². The van der Waals surface area contributed by atoms with E-state index in [-0.39, 0.29) is 5.60 Å². The Morgan fingerprint density at radius 2 is 2.22 bits per heavy atom. The lowest BCUT2D eigenvalue weighted by atomic mass is 9.93. The third kappa shape index (κ3) is 2.91. The van der Waals surface area contributed by atoms with Gasteiger partial charge in [-0.2, -0.15) is 0 Å². The van der Waals surface area contributed by atoms with Crippen molar-refractivity contribution in [1.82, 2.24) is 15.3 Å². The minimum Gasteiger partial charge on any atom is -0.381 e. The standard InChI is InChI=1S/C13H23N3O2/c1-10(2)14-8-11-9-15-12(16-11)13(17-3)4-6-18-7-5-13/h9-10,14H,4-8H2,1-3H3,(H,15,16). The van der Waals surface area contributed by atoms with Crippen LogP contribution in [0.5, 0.6) is 0 Å². The number of aromatic amines is 1. The molecule has 102 valence electrons. The minimum atomic E-state index is -0.297. The van der Waals surface area contributed by atoms with E-state index in [0.717, 1.165) is 44.1 Å². The Labute approximate surface area is 108 Å². The first kappa shape index (κ1) is 13.5. The van der Waals surface area contributed by atoms with Gasteiger partial charge in [-0.05, 0) is 0 Å². The fraction of sp³-hybridized carbons (Fsp3) is 0.769. The van der Waals surface area contributed by atoms with Gasteiger partial charge in [-0.3, -0.25) is 0 Å². The number of H-pyrrole nitrogens is 1. The molecule has 2 rings (SSSR count). The Kier molecular flexibility index (Phi) is 4.37. The molecule has 0 spiro atoms. The van der Waals surface area contributed by atoms with Crippen molar-refractivity contribution in [2.45, 2.75) is 44.9 Å². The summed E-state index contributed by atoms with van der Waals surface area (Å²) in [5.74, 6) is 0.925. The highest BCUT2D eigenvalue weighted by Crippen LogP contribution is 2.33. The van der Waals surface area contributed by atoms with Gasteiger partial charge in [-0.1, -0.05) is 13.8 Å². The maximum absolute atomic E-state index is 5.71. The van der Waals surface area contributed by atoms with Crippen molar-refractivity contribution in [3.05, 3.63) is 17.7 Å². The van der Waals surface area contributed by atoms with Crippen LogP contribution in [0.1, 0.15) is 38.2 Å². The average Bonchev–Trinajstić information content (AvgIpc) is 2.86. The topological polar surface area (TPSA) is 59.2 Å². The first-order valence-corrected chi connectivity index (χ1v) is 6.57. The Morgan fingerprint density at radius 1 is 1.50 bits per heavy atom. The van der Waals surface area contributed by atoms with Crippen LogP contribution in [0.15, 0.2) is 6.20 Å². The molecule has 18 heavy (non-hydrogen) atoms. The molecule has 1 aliphatic rings. The summed E-state index contributed by atoms with van der Waals surface area (Å²) in [4.78, 5) is 7.86. The van der Waals surface area contributed by atoms with Gasteiger partial charge in [0.05, 0.1) is 0 Å². The summed E-state index contributed by atoms with van der Waals surface area (Å²) in [6, 6.07) is 0.469. The van der Waals surface area contributed by atoms with E-state index >= 15 is 0 Å². The van der Waals surface area contributed by atoms with E-state index in [9.17, 15) is 0 Å². The van der Waals surface area contributed by atoms with Gasteiger partial charge >= 0.3 is 0 Å². The minimum absolute atomic E-state index is 0.297. The third-order valence-electron chi connectivity index (χ3n) is 3.45. The summed E-state index contributed by atoms with van der Waals surface area (Å²) < 4.78 is 11.1. The van der Waals surface area contributed by atoms with Crippen LogP contribution in [0.25, 0.3) is 0 Å². The predicted molar refractivity (Wildman–Crippen MR) is 69.3 cm³/mol. The normalized spacial score (nSPS) is 19.3. The lowest BCUT2D eigenvalue weighted by Crippen LogP contribution is -2.36. The van der Waals surface area contributed by atoms with Crippen LogP contribution >= 0.6 is 0 Å². The van der Waals surface area contributed by atoms with E-state index in [2.05, 4.69) is 29.1 Å². The number of nitrogens with zero attached hydrogens (tertiary/aromatic N) is 1. The summed E-state index contributed by atoms with van der Waals surface area (Å²) in [6.45, 7) is 6.53. The quantitative estimate of drug-likeness (QED) is 0.836. The Morgan fingerprint density at radius 3 is 2.83 bits per heavy atom. The van der Waals surface area contributed by atoms with Crippen LogP contribution in [0.2, 0.25) is 0 Å². The van der Waals surface area contributed by atoms with E-state index < -0.39 is 0 Å². The molecule has 5 heteroatoms. The van der Waals surface area contributed by atoms with E-state index in [4.69, 9.17) is 9.47 Å². The number of methoxy groups -OCH3 is 1. The molecule has 0 unspecified atom stereocenters. The summed E-state index contributed by atoms with van der Waals surface area (Å²) in [5, 5.41) is 3.37. The highest BCUT2D eigenvalue weighted by molar-refractivity contribution is 5.10. The first-order valence-electron chi connectivity index (χ1n) is 6.57. The molecule has 0 radical (unpaired) electrons. The maximum atomic E-state index is 5.71. The fourth-order valence-corrected chi connectivity index (χ4v) is 2.23. The van der Waals surface area contributed by atoms with E-state index in [1.165, 1.54) is 0 Å². The second-order valence-corrected chi connectivity index (χ2v) is 5.10. The van der Waals surface area contributed by atoms with Crippen molar-refractivity contribution in [3.63, 3.8) is 0 Å². The van der Waals surface area contributed by atoms with Gasteiger partial charge in [0.2, 0.25) is 0 Å². The van der Waals surface area contributed by atoms with Crippen LogP contribution in [0.4, 0.5) is 0 Å². The number of imidazole rings is 1. The molecular weight excluding hydrogens is 230 g/mol. The fourth-order valence-electron chi connectivity index (χ4n) is 2.23. The molecule has 0 bridgehead atoms. The molecule has 0 amide bonds. The molecule has 1 saturated heterocycles. The molecule has 0 atom stereocenters. The van der Waals surface area contributed by atoms with Crippen molar-refractivity contribution in [3.8, 4) is 0 Å². The van der Waals surface area contributed by atoms with Crippen molar-refractivity contribution in [2.24, 2.45) is 0 Å². The number of aromatic nitrogens is 2. The molecule has 2 N–H and O–H groups in total. The molecular formula is C13H23N3O2. The van der Waals surface area contributed by atoms with Gasteiger partial charge in [0.1, 0.15) is 11.4 Å². The zero-order valence-electron chi connectivity index (χ0n) is 11.5. The monoisotopic (exact) mass is 253 g/mol. The van der Waals surface area contributed by atoms with E-state index in [1.807, 2.05) is 6.20 Å². The molecule has 1 aromatic heterocycles. The second-order valence-electron chi connectivity index (χ2n) is 5.10. The van der Waals surface area contributed by atoms with Gasteiger partial charge in [0.15, 0.2) is 0 Å². The summed E-state index contributed by atoms with van der Waals surface area (Å²) >= 11 is 0. The molecule has 0 aromatic carbocycles. The highest BCUT2D eigenvalue weighted by Gasteiger charge is 2.37. The predicted octanol–water partition coefficient (Wildman–Crippen LogP) is 1.56. The summed E-state index contributed by atoms with van der Waals surface area (Å²) in [5.41, 5.74) is 0.801. The van der Waals surface area contributed by atoms with Crippen LogP contribution in [-0.4, -0.2) is 36.3 Å². The Balaban J connectivity index is 2.07. The molecule has 1 aromatic rings. The lowest BCUT2D eigenvalue weighted by Gasteiger charge is -2.34. The molecule has 5 nitrogen and oxygen atoms in total. The Hall–Kier alpha value is -0.910. The van der Waals surface area contributed by atoms with Crippen molar-refractivity contribution in [1.29, 1.82) is 0 Å². The Bertz CT molecular complexity index is 370. The molecule has 1 fully saturated rings. The van der Waals surface area contributed by atoms with Gasteiger partial charge < -0.3 is 19.8 Å². The number of ether oxygens (including phenoxy) is 2. The third-order valence-corrected chi connectivity index (χ3v) is 3.45. The largest absolute Gasteiger partial charge is 0.381 e. The number of rotatable bonds is 5. The maximum Gasteiger partial charge on any atom is 0.138 e. The molecule has 2 heterocycles. The highest BCUT2D eigenvalue weighted by atomic mass is 16.5. The van der Waals surface area contributed by atoms with Crippen LogP contribution < -0.4 is 5.32 Å². The number of nitrogens with one attached hydrogen (secondary N) is 2. The van der Waals surface area contributed by atoms with Crippen LogP contribution in [-0.2, 0) is 21.6 Å². The molecule has 0 aliphatic carbocycles. The average molecular weight is 253 g/mol. The lowest BCUT2D eigenvalue weighted by molar-refractivity contribution is -0.0996. The van der Waals surface area contributed by atoms with Gasteiger partial charge in [-0.25, -0.2) is 4.98 Å². The van der Waals surface area contributed by atoms with E-state index in [0.29, 0.717) is 6.04 Å². The number of hydrogen-bond donors (Lipinski definition) is 2. The van der Waals surface area contributed by atoms with Crippen LogP contribution in [0, 0.1) is 0 Å². The zero-order chi connectivity index (χ0) is 13.0. The van der Waals surface area contributed by atoms with Crippen LogP contribution in [0.3, 0.4) is 0 Å². The van der Waals surface area contributed by atoms with Crippen molar-refractivity contribution >= 4 is 0 Å².